The molecule has 0 saturated heterocycles. The monoisotopic (exact) mass is 1650 g/mol. The van der Waals surface area contributed by atoms with E-state index < -0.39 is 18.4 Å². The fourth-order valence-electron chi connectivity index (χ4n) is 12.6. The molecule has 528 valence electrons. The van der Waals surface area contributed by atoms with Crippen molar-refractivity contribution in [2.45, 2.75) is 325 Å². The predicted molar refractivity (Wildman–Crippen MR) is 442 cm³/mol. The fourth-order valence-corrected chi connectivity index (χ4v) is 25.0. The number of unbranched alkanes of at least 4 members (excludes halogenated alkanes) is 36. The van der Waals surface area contributed by atoms with Crippen molar-refractivity contribution in [3.63, 3.8) is 0 Å². The average molecular weight is 1660 g/mol. The zero-order chi connectivity index (χ0) is 67.9. The van der Waals surface area contributed by atoms with E-state index in [4.69, 9.17) is 55.2 Å². The van der Waals surface area contributed by atoms with Crippen molar-refractivity contribution in [1.29, 1.82) is 0 Å². The summed E-state index contributed by atoms with van der Waals surface area (Å²) in [6, 6.07) is 9.35. The van der Waals surface area contributed by atoms with Gasteiger partial charge in [-0.2, -0.15) is 17.5 Å². The maximum atomic E-state index is 7.05. The topological polar surface area (TPSA) is 51.6 Å². The molecule has 0 amide bonds. The molecular formula is C79H117BrCl4N4S6Sn. The summed E-state index contributed by atoms with van der Waals surface area (Å²) in [5, 5.41) is 11.5. The number of hydrogen-bond donors (Lipinski definition) is 0. The Labute approximate surface area is 634 Å². The first-order valence-electron chi connectivity index (χ1n) is 37.5. The van der Waals surface area contributed by atoms with Gasteiger partial charge in [0.2, 0.25) is 0 Å². The number of benzene rings is 2. The molecule has 16 heteroatoms. The summed E-state index contributed by atoms with van der Waals surface area (Å²) in [6.07, 6.45) is 59.9. The third-order valence-corrected chi connectivity index (χ3v) is 35.8. The Balaban J connectivity index is 0.000000245. The number of fused-ring (bicyclic) bond motifs is 2. The Hall–Kier alpha value is -0.681. The summed E-state index contributed by atoms with van der Waals surface area (Å²) in [7, 11) is 0. The van der Waals surface area contributed by atoms with Crippen LogP contribution in [0.2, 0.25) is 34.9 Å². The molecule has 0 atom stereocenters. The van der Waals surface area contributed by atoms with Gasteiger partial charge in [0, 0.05) is 31.3 Å². The molecule has 8 aromatic rings. The normalized spacial score (nSPS) is 11.7. The van der Waals surface area contributed by atoms with E-state index in [2.05, 4.69) is 113 Å². The number of hydrogen-bond acceptors (Lipinski definition) is 10. The second-order valence-corrected chi connectivity index (χ2v) is 50.3. The van der Waals surface area contributed by atoms with E-state index in [-0.39, 0.29) is 0 Å². The molecule has 0 spiro atoms. The van der Waals surface area contributed by atoms with Crippen LogP contribution in [0.1, 0.15) is 307 Å². The van der Waals surface area contributed by atoms with Gasteiger partial charge in [-0.05, 0) is 105 Å². The molecule has 4 nitrogen and oxygen atoms in total. The average Bonchev–Trinajstić information content (AvgIpc) is 1.69. The SMILES string of the molecule is CCCCCCCCCCCCc1cs[c]([Sn]([CH3])([CH3])[CH3])c1.CCCCCCCCCCCCc1csc(-c2c(Cl)c(Cl)c(-c3cc(CCCCCCCCCCCC)cs3)c3nsnc23)c1.CCCCCCCCCCCCc1csc(-c2c(Cl)c(Cl)c(Br)c3nsnc23)c1. The van der Waals surface area contributed by atoms with Gasteiger partial charge >= 0.3 is 122 Å². The minimum absolute atomic E-state index is 0.506. The summed E-state index contributed by atoms with van der Waals surface area (Å²) >= 11 is 38.5. The number of rotatable bonds is 48. The second kappa shape index (κ2) is 49.1. The Morgan fingerprint density at radius 3 is 0.811 bits per heavy atom. The van der Waals surface area contributed by atoms with Crippen LogP contribution in [0.5, 0.6) is 0 Å². The third kappa shape index (κ3) is 29.9. The molecule has 0 fully saturated rings. The summed E-state index contributed by atoms with van der Waals surface area (Å²) in [6.45, 7) is 9.14. The Bertz CT molecular complexity index is 3210. The molecule has 6 heterocycles. The van der Waals surface area contributed by atoms with Crippen LogP contribution in [0.4, 0.5) is 0 Å². The maximum absolute atomic E-state index is 7.05. The van der Waals surface area contributed by atoms with Crippen molar-refractivity contribution in [3.05, 3.63) is 92.6 Å². The van der Waals surface area contributed by atoms with Crippen LogP contribution < -0.4 is 2.89 Å². The van der Waals surface area contributed by atoms with Crippen LogP contribution in [0, 0.1) is 0 Å². The van der Waals surface area contributed by atoms with Crippen molar-refractivity contribution in [3.8, 4) is 31.3 Å². The molecule has 0 unspecified atom stereocenters. The number of aryl methyl sites for hydroxylation is 4. The van der Waals surface area contributed by atoms with Gasteiger partial charge in [0.1, 0.15) is 22.1 Å². The quantitative estimate of drug-likeness (QED) is 0.0217. The maximum Gasteiger partial charge on any atom is 0.121 e. The molecule has 95 heavy (non-hydrogen) atoms. The van der Waals surface area contributed by atoms with E-state index in [1.165, 1.54) is 303 Å². The van der Waals surface area contributed by atoms with E-state index >= 15 is 0 Å². The first kappa shape index (κ1) is 83.3. The molecule has 0 aliphatic rings. The van der Waals surface area contributed by atoms with E-state index in [9.17, 15) is 0 Å². The van der Waals surface area contributed by atoms with Crippen LogP contribution in [-0.2, 0) is 25.7 Å². The van der Waals surface area contributed by atoms with Gasteiger partial charge in [0.05, 0.1) is 48.0 Å². The predicted octanol–water partition coefficient (Wildman–Crippen LogP) is 32.1. The summed E-state index contributed by atoms with van der Waals surface area (Å²) < 4.78 is 20.7. The van der Waals surface area contributed by atoms with Gasteiger partial charge in [-0.25, -0.2) is 0 Å². The first-order valence-corrected chi connectivity index (χ1v) is 54.8. The molecule has 0 N–H and O–H groups in total. The van der Waals surface area contributed by atoms with Crippen molar-refractivity contribution in [2.75, 3.05) is 0 Å². The van der Waals surface area contributed by atoms with Gasteiger partial charge in [0.15, 0.2) is 0 Å². The molecule has 2 aromatic carbocycles. The Morgan fingerprint density at radius 2 is 0.537 bits per heavy atom. The zero-order valence-corrected chi connectivity index (χ0v) is 71.7. The first-order chi connectivity index (χ1) is 46.3. The Kier molecular flexibility index (Phi) is 43.0. The van der Waals surface area contributed by atoms with Crippen LogP contribution in [0.25, 0.3) is 53.4 Å². The van der Waals surface area contributed by atoms with Crippen molar-refractivity contribution < 1.29 is 0 Å². The fraction of sp³-hybridized carbons (Fsp3) is 0.646. The number of thiophene rings is 4. The van der Waals surface area contributed by atoms with Gasteiger partial charge < -0.3 is 0 Å². The van der Waals surface area contributed by atoms with Gasteiger partial charge in [-0.15, -0.1) is 34.0 Å². The van der Waals surface area contributed by atoms with Crippen molar-refractivity contribution in [2.24, 2.45) is 0 Å². The van der Waals surface area contributed by atoms with Gasteiger partial charge in [-0.3, -0.25) is 0 Å². The molecule has 0 bridgehead atoms. The van der Waals surface area contributed by atoms with E-state index in [1.807, 2.05) is 11.3 Å². The van der Waals surface area contributed by atoms with E-state index in [0.717, 1.165) is 77.1 Å². The van der Waals surface area contributed by atoms with Crippen molar-refractivity contribution >= 4 is 174 Å². The number of aromatic nitrogens is 4. The molecule has 0 aliphatic heterocycles. The smallest absolute Gasteiger partial charge is 0.121 e. The van der Waals surface area contributed by atoms with Crippen LogP contribution >= 0.6 is 131 Å². The number of halogens is 5. The third-order valence-electron chi connectivity index (χ3n) is 18.5. The molecule has 0 saturated carbocycles. The van der Waals surface area contributed by atoms with Crippen LogP contribution in [0.15, 0.2) is 50.3 Å². The molecule has 0 radical (unpaired) electrons. The summed E-state index contributed by atoms with van der Waals surface area (Å²) in [5.41, 5.74) is 11.9. The molecule has 0 aliphatic carbocycles. The molecular weight excluding hydrogens is 1540 g/mol. The minimum Gasteiger partial charge on any atom is -0.172 e. The van der Waals surface area contributed by atoms with Crippen LogP contribution in [-0.4, -0.2) is 35.9 Å². The Morgan fingerprint density at radius 1 is 0.305 bits per heavy atom. The largest absolute Gasteiger partial charge is 0.172 e. The van der Waals surface area contributed by atoms with E-state index in [1.54, 1.807) is 42.5 Å². The standard InChI is InChI=1S/C38H54Cl2N2S3.C22H27BrCl2N2S2.C16H27S.3CH3.Sn/c1-3-5-7-9-11-13-15-17-19-21-23-29-25-31(43-27-29)33-35(39)36(40)34(38-37(33)41-45-42-38)32-26-30(28-44-32)24-22-20-18-16-14-12-10-8-6-4-2;1-2-3-4-5-6-7-8-9-10-11-12-15-13-16(28-14-15)17-19(24)20(25)18(23)22-21(17)26-29-27-22;1-2-3-4-5-6-7-8-9-10-11-12-16-13-14-17-15-16;;;;/h25-28H,3-24H2,1-2H3;13-14H,2-12H2,1H3;13,15H,2-12H2,1H3;3*1H3;. The summed E-state index contributed by atoms with van der Waals surface area (Å²) in [5.74, 6) is 0. The number of nitrogens with zero attached hydrogens (tertiary/aromatic N) is 4. The minimum atomic E-state index is -1.79. The zero-order valence-electron chi connectivity index (χ0n) is 59.4. The second-order valence-electron chi connectivity index (χ2n) is 27.9. The van der Waals surface area contributed by atoms with Crippen molar-refractivity contribution in [1.82, 2.24) is 17.5 Å². The van der Waals surface area contributed by atoms with Gasteiger partial charge in [-0.1, -0.05) is 260 Å². The van der Waals surface area contributed by atoms with E-state index in [0.29, 0.717) is 20.1 Å². The molecule has 8 rings (SSSR count). The summed E-state index contributed by atoms with van der Waals surface area (Å²) in [4.78, 5) is 11.0. The van der Waals surface area contributed by atoms with Crippen LogP contribution in [0.3, 0.4) is 0 Å². The van der Waals surface area contributed by atoms with Gasteiger partial charge in [0.25, 0.3) is 0 Å². The molecule has 6 aromatic heterocycles.